The van der Waals surface area contributed by atoms with Gasteiger partial charge in [0.25, 0.3) is 0 Å². The van der Waals surface area contributed by atoms with Crippen LogP contribution >= 0.6 is 35.0 Å². The fraction of sp³-hybridized carbons (Fsp3) is 0.438. The van der Waals surface area contributed by atoms with E-state index in [0.29, 0.717) is 21.7 Å². The smallest absolute Gasteiger partial charge is 0.343 e. The van der Waals surface area contributed by atoms with Gasteiger partial charge >= 0.3 is 5.69 Å². The zero-order valence-corrected chi connectivity index (χ0v) is 16.3. The molecule has 0 saturated heterocycles. The van der Waals surface area contributed by atoms with Crippen LogP contribution in [0.25, 0.3) is 0 Å². The van der Waals surface area contributed by atoms with Crippen molar-refractivity contribution in [1.29, 1.82) is 0 Å². The number of nitrogens with zero attached hydrogens (tertiary/aromatic N) is 2. The molecule has 9 heteroatoms. The Hall–Kier alpha value is -1.44. The predicted molar refractivity (Wildman–Crippen MR) is 101 cm³/mol. The van der Waals surface area contributed by atoms with Crippen molar-refractivity contribution >= 4 is 40.9 Å². The predicted octanol–water partition coefficient (Wildman–Crippen LogP) is 3.65. The molecule has 2 aromatic rings. The molecule has 6 nitrogen and oxygen atoms in total. The van der Waals surface area contributed by atoms with Crippen molar-refractivity contribution in [2.75, 3.05) is 5.75 Å². The Morgan fingerprint density at radius 2 is 2.20 bits per heavy atom. The van der Waals surface area contributed by atoms with Gasteiger partial charge in [-0.2, -0.15) is 0 Å². The molecule has 2 rings (SSSR count). The molecule has 25 heavy (non-hydrogen) atoms. The van der Waals surface area contributed by atoms with Crippen LogP contribution in [-0.4, -0.2) is 26.4 Å². The maximum Gasteiger partial charge on any atom is 0.343 e. The van der Waals surface area contributed by atoms with E-state index in [1.54, 1.807) is 22.8 Å². The molecule has 0 aliphatic carbocycles. The first-order valence-corrected chi connectivity index (χ1v) is 9.68. The van der Waals surface area contributed by atoms with Crippen molar-refractivity contribution in [3.63, 3.8) is 0 Å². The van der Waals surface area contributed by atoms with E-state index in [0.717, 1.165) is 18.4 Å². The van der Waals surface area contributed by atoms with Crippen LogP contribution in [0.15, 0.2) is 28.2 Å². The second kappa shape index (κ2) is 9.31. The number of hydrogen-bond donors (Lipinski definition) is 2. The zero-order chi connectivity index (χ0) is 18.4. The zero-order valence-electron chi connectivity index (χ0n) is 14.0. The van der Waals surface area contributed by atoms with Crippen molar-refractivity contribution in [3.8, 4) is 0 Å². The average molecular weight is 403 g/mol. The van der Waals surface area contributed by atoms with Gasteiger partial charge in [-0.15, -0.1) is 5.10 Å². The van der Waals surface area contributed by atoms with Crippen molar-refractivity contribution in [2.45, 2.75) is 44.4 Å². The molecule has 0 radical (unpaired) electrons. The van der Waals surface area contributed by atoms with Gasteiger partial charge in [0.1, 0.15) is 0 Å². The minimum absolute atomic E-state index is 0.159. The minimum atomic E-state index is -0.252. The lowest BCUT2D eigenvalue weighted by Crippen LogP contribution is -2.28. The van der Waals surface area contributed by atoms with Crippen LogP contribution in [0.5, 0.6) is 0 Å². The van der Waals surface area contributed by atoms with Crippen molar-refractivity contribution < 1.29 is 4.79 Å². The molecular weight excluding hydrogens is 383 g/mol. The van der Waals surface area contributed by atoms with Gasteiger partial charge < -0.3 is 5.32 Å². The molecule has 1 aromatic carbocycles. The highest BCUT2D eigenvalue weighted by atomic mass is 35.5. The summed E-state index contributed by atoms with van der Waals surface area (Å²) in [5, 5.41) is 10.9. The highest BCUT2D eigenvalue weighted by Gasteiger charge is 2.15. The summed E-state index contributed by atoms with van der Waals surface area (Å²) in [7, 11) is 0. The molecular formula is C16H20Cl2N4O2S. The lowest BCUT2D eigenvalue weighted by molar-refractivity contribution is -0.119. The monoisotopic (exact) mass is 402 g/mol. The second-order valence-corrected chi connectivity index (χ2v) is 7.35. The number of hydrogen-bond acceptors (Lipinski definition) is 4. The van der Waals surface area contributed by atoms with E-state index >= 15 is 0 Å². The van der Waals surface area contributed by atoms with E-state index in [1.165, 1.54) is 11.8 Å². The van der Waals surface area contributed by atoms with E-state index in [-0.39, 0.29) is 23.4 Å². The van der Waals surface area contributed by atoms with Crippen LogP contribution in [0.2, 0.25) is 10.0 Å². The molecule has 0 aliphatic heterocycles. The van der Waals surface area contributed by atoms with Crippen molar-refractivity contribution in [2.24, 2.45) is 0 Å². The van der Waals surface area contributed by atoms with Crippen LogP contribution in [0.1, 0.15) is 38.3 Å². The quantitative estimate of drug-likeness (QED) is 0.660. The van der Waals surface area contributed by atoms with E-state index < -0.39 is 0 Å². The maximum atomic E-state index is 12.2. The van der Waals surface area contributed by atoms with Gasteiger partial charge in [-0.05, 0) is 31.0 Å². The maximum absolute atomic E-state index is 12.2. The Labute approximate surface area is 160 Å². The third-order valence-electron chi connectivity index (χ3n) is 3.60. The Morgan fingerprint density at radius 3 is 2.88 bits per heavy atom. The first-order chi connectivity index (χ1) is 11.9. The van der Waals surface area contributed by atoms with Gasteiger partial charge in [-0.25, -0.2) is 9.89 Å². The molecule has 0 fully saturated rings. The summed E-state index contributed by atoms with van der Waals surface area (Å²) >= 11 is 13.3. The summed E-state index contributed by atoms with van der Waals surface area (Å²) in [6.45, 7) is 4.49. The number of carbonyl (C=O) groups is 1. The third kappa shape index (κ3) is 5.52. The Kier molecular flexibility index (Phi) is 7.40. The number of nitrogens with one attached hydrogen (secondary N) is 2. The number of aromatic nitrogens is 3. The lowest BCUT2D eigenvalue weighted by Gasteiger charge is -2.15. The molecule has 1 heterocycles. The molecule has 0 spiro atoms. The molecule has 1 aromatic heterocycles. The highest BCUT2D eigenvalue weighted by Crippen LogP contribution is 2.26. The number of carbonyl (C=O) groups excluding carboxylic acids is 1. The lowest BCUT2D eigenvalue weighted by atomic mass is 10.1. The molecule has 136 valence electrons. The van der Waals surface area contributed by atoms with Crippen LogP contribution in [0.4, 0.5) is 0 Å². The van der Waals surface area contributed by atoms with Gasteiger partial charge in [0.05, 0.1) is 11.8 Å². The number of halogens is 2. The van der Waals surface area contributed by atoms with Crippen molar-refractivity contribution in [1.82, 2.24) is 20.1 Å². The van der Waals surface area contributed by atoms with Gasteiger partial charge in [0.2, 0.25) is 5.91 Å². The fourth-order valence-electron chi connectivity index (χ4n) is 2.27. The molecule has 0 aliphatic rings. The Balaban J connectivity index is 1.93. The normalized spacial score (nSPS) is 12.2. The molecule has 1 amide bonds. The number of unbranched alkanes of at least 4 members (excludes halogenated alkanes) is 1. The van der Waals surface area contributed by atoms with Crippen LogP contribution in [0.3, 0.4) is 0 Å². The van der Waals surface area contributed by atoms with Crippen molar-refractivity contribution in [3.05, 3.63) is 44.3 Å². The van der Waals surface area contributed by atoms with E-state index in [9.17, 15) is 9.59 Å². The largest absolute Gasteiger partial charge is 0.349 e. The van der Waals surface area contributed by atoms with Crippen LogP contribution < -0.4 is 11.0 Å². The minimum Gasteiger partial charge on any atom is -0.349 e. The van der Waals surface area contributed by atoms with Gasteiger partial charge in [-0.3, -0.25) is 9.36 Å². The standard InChI is InChI=1S/C16H20Cl2N4O2S/c1-3-4-7-22-15(24)20-21-16(22)25-9-14(23)19-10(2)12-6-5-11(17)8-13(12)18/h5-6,8,10H,3-4,7,9H2,1-2H3,(H,19,23)(H,20,24)/t10-/m1/s1. The first kappa shape index (κ1) is 19.9. The Bertz CT molecular complexity index is 791. The molecule has 0 unspecified atom stereocenters. The molecule has 0 saturated carbocycles. The van der Waals surface area contributed by atoms with Gasteiger partial charge in [-0.1, -0.05) is 54.4 Å². The summed E-state index contributed by atoms with van der Waals surface area (Å²) in [5.74, 6) is -0.00704. The van der Waals surface area contributed by atoms with E-state index in [1.807, 2.05) is 6.92 Å². The van der Waals surface area contributed by atoms with E-state index in [2.05, 4.69) is 22.4 Å². The summed E-state index contributed by atoms with van der Waals surface area (Å²) in [6, 6.07) is 4.92. The summed E-state index contributed by atoms with van der Waals surface area (Å²) < 4.78 is 1.56. The van der Waals surface area contributed by atoms with Crippen LogP contribution in [-0.2, 0) is 11.3 Å². The summed E-state index contributed by atoms with van der Waals surface area (Å²) in [6.07, 6.45) is 1.85. The second-order valence-electron chi connectivity index (χ2n) is 5.56. The number of benzene rings is 1. The van der Waals surface area contributed by atoms with Gasteiger partial charge in [0, 0.05) is 16.6 Å². The fourth-order valence-corrected chi connectivity index (χ4v) is 3.63. The summed E-state index contributed by atoms with van der Waals surface area (Å²) in [5.41, 5.74) is 0.543. The number of H-pyrrole nitrogens is 1. The number of thioether (sulfide) groups is 1. The third-order valence-corrected chi connectivity index (χ3v) is 5.14. The highest BCUT2D eigenvalue weighted by molar-refractivity contribution is 7.99. The van der Waals surface area contributed by atoms with Gasteiger partial charge in [0.15, 0.2) is 5.16 Å². The number of aromatic amines is 1. The molecule has 1 atom stereocenters. The topological polar surface area (TPSA) is 79.8 Å². The Morgan fingerprint density at radius 1 is 1.44 bits per heavy atom. The first-order valence-electron chi connectivity index (χ1n) is 7.94. The number of amides is 1. The molecule has 2 N–H and O–H groups in total. The summed E-state index contributed by atoms with van der Waals surface area (Å²) in [4.78, 5) is 23.9. The number of rotatable bonds is 8. The SMILES string of the molecule is CCCCn1c(SCC(=O)N[C@H](C)c2ccc(Cl)cc2Cl)n[nH]c1=O. The van der Waals surface area contributed by atoms with E-state index in [4.69, 9.17) is 23.2 Å². The molecule has 0 bridgehead atoms. The average Bonchev–Trinajstić information content (AvgIpc) is 2.90. The van der Waals surface area contributed by atoms with Crippen LogP contribution in [0, 0.1) is 0 Å².